The minimum absolute atomic E-state index is 0.684. The van der Waals surface area contributed by atoms with Crippen molar-refractivity contribution in [2.75, 3.05) is 31.1 Å². The van der Waals surface area contributed by atoms with Gasteiger partial charge in [-0.2, -0.15) is 0 Å². The summed E-state index contributed by atoms with van der Waals surface area (Å²) in [5, 5.41) is 2.16. The van der Waals surface area contributed by atoms with Gasteiger partial charge in [-0.1, -0.05) is 140 Å². The largest absolute Gasteiger partial charge is 0.397 e. The van der Waals surface area contributed by atoms with Gasteiger partial charge in [-0.25, -0.2) is 0 Å². The van der Waals surface area contributed by atoms with Crippen molar-refractivity contribution >= 4 is 114 Å². The molecule has 0 fully saturated rings. The lowest BCUT2D eigenvalue weighted by atomic mass is 10.1. The second-order valence-electron chi connectivity index (χ2n) is 19.4. The number of hydrogen-bond acceptors (Lipinski definition) is 6. The van der Waals surface area contributed by atoms with Crippen molar-refractivity contribution in [2.45, 2.75) is 13.8 Å². The van der Waals surface area contributed by atoms with Crippen molar-refractivity contribution in [3.8, 4) is 5.69 Å². The highest BCUT2D eigenvalue weighted by atomic mass is 15.2. The topological polar surface area (TPSA) is 69.9 Å². The molecular formula is C72H59N7. The third-order valence-corrected chi connectivity index (χ3v) is 14.5. The Bertz CT molecular complexity index is 3770. The van der Waals surface area contributed by atoms with Crippen LogP contribution in [0.15, 0.2) is 285 Å². The molecule has 1 heterocycles. The summed E-state index contributed by atoms with van der Waals surface area (Å²) in [4.78, 5) is 9.13. The number of hydrogen-bond donors (Lipinski definition) is 2. The number of nitrogens with zero attached hydrogens (tertiary/aromatic N) is 5. The molecule has 0 saturated heterocycles. The van der Waals surface area contributed by atoms with Gasteiger partial charge in [0.2, 0.25) is 0 Å². The van der Waals surface area contributed by atoms with E-state index < -0.39 is 0 Å². The Morgan fingerprint density at radius 1 is 0.291 bits per heavy atom. The van der Waals surface area contributed by atoms with E-state index in [4.69, 9.17) is 11.5 Å². The summed E-state index contributed by atoms with van der Waals surface area (Å²) in [7, 11) is 0. The van der Waals surface area contributed by atoms with Gasteiger partial charge in [0.05, 0.1) is 33.8 Å². The number of rotatable bonds is 15. The van der Waals surface area contributed by atoms with Gasteiger partial charge in [-0.3, -0.25) is 0 Å². The molecule has 7 nitrogen and oxygen atoms in total. The average molecular weight is 1020 g/mol. The molecule has 79 heavy (non-hydrogen) atoms. The van der Waals surface area contributed by atoms with Gasteiger partial charge in [0.15, 0.2) is 0 Å². The molecule has 0 spiro atoms. The van der Waals surface area contributed by atoms with Crippen LogP contribution in [0.5, 0.6) is 0 Å². The first-order valence-electron chi connectivity index (χ1n) is 26.7. The van der Waals surface area contributed by atoms with E-state index >= 15 is 0 Å². The van der Waals surface area contributed by atoms with Crippen molar-refractivity contribution in [3.63, 3.8) is 0 Å². The van der Waals surface area contributed by atoms with Gasteiger partial charge in [0, 0.05) is 73.3 Å². The van der Waals surface area contributed by atoms with Crippen LogP contribution in [-0.2, 0) is 0 Å². The molecule has 0 aliphatic heterocycles. The second kappa shape index (κ2) is 22.0. The van der Waals surface area contributed by atoms with Crippen LogP contribution in [0.25, 0.3) is 39.6 Å². The number of nitrogen functional groups attached to an aromatic ring is 2. The quantitative estimate of drug-likeness (QED) is 0.0997. The zero-order valence-electron chi connectivity index (χ0n) is 44.2. The van der Waals surface area contributed by atoms with Crippen molar-refractivity contribution in [2.24, 2.45) is 0 Å². The minimum Gasteiger partial charge on any atom is -0.397 e. The minimum atomic E-state index is 0.684. The molecule has 11 aromatic carbocycles. The van der Waals surface area contributed by atoms with Crippen molar-refractivity contribution in [1.82, 2.24) is 4.57 Å². The fraction of sp³-hybridized carbons (Fsp3) is 0.0278. The zero-order valence-corrected chi connectivity index (χ0v) is 44.2. The molecule has 0 radical (unpaired) electrons. The van der Waals surface area contributed by atoms with Gasteiger partial charge < -0.3 is 35.6 Å². The van der Waals surface area contributed by atoms with Crippen LogP contribution in [0.1, 0.15) is 25.0 Å². The SMILES string of the molecule is C/C=C\c1cccc(N(c2ccc(N(c3ccccc3)c3ccccc3)cc2)c2ccc3c(c2)c2cc(N(c4ccc(N(c5ccccc5)c5ccccc5)cc4)c4cccc(/C=C\C)c4N)ccc2n3-c2ccccc2)c1N. The van der Waals surface area contributed by atoms with Crippen LogP contribution >= 0.6 is 0 Å². The molecule has 0 aliphatic carbocycles. The molecule has 382 valence electrons. The van der Waals surface area contributed by atoms with E-state index in [1.807, 2.05) is 26.0 Å². The maximum atomic E-state index is 7.22. The first-order chi connectivity index (χ1) is 39.0. The fourth-order valence-corrected chi connectivity index (χ4v) is 10.9. The van der Waals surface area contributed by atoms with Crippen LogP contribution in [0.3, 0.4) is 0 Å². The van der Waals surface area contributed by atoms with E-state index in [-0.39, 0.29) is 0 Å². The molecule has 0 bridgehead atoms. The summed E-state index contributed by atoms with van der Waals surface area (Å²) < 4.78 is 2.36. The lowest BCUT2D eigenvalue weighted by molar-refractivity contribution is 1.18. The second-order valence-corrected chi connectivity index (χ2v) is 19.4. The number of benzene rings is 11. The zero-order chi connectivity index (χ0) is 53.7. The first kappa shape index (κ1) is 49.4. The predicted molar refractivity (Wildman–Crippen MR) is 338 cm³/mol. The molecular weight excluding hydrogens is 963 g/mol. The van der Waals surface area contributed by atoms with E-state index in [0.717, 1.165) is 107 Å². The van der Waals surface area contributed by atoms with Gasteiger partial charge in [-0.05, 0) is 183 Å². The highest BCUT2D eigenvalue weighted by Crippen LogP contribution is 2.47. The summed E-state index contributed by atoms with van der Waals surface area (Å²) in [6.07, 6.45) is 8.20. The molecule has 12 rings (SSSR count). The van der Waals surface area contributed by atoms with Crippen molar-refractivity contribution in [3.05, 3.63) is 296 Å². The average Bonchev–Trinajstić information content (AvgIpc) is 4.11. The van der Waals surface area contributed by atoms with E-state index in [0.29, 0.717) is 11.4 Å². The van der Waals surface area contributed by atoms with Crippen molar-refractivity contribution in [1.29, 1.82) is 0 Å². The van der Waals surface area contributed by atoms with Gasteiger partial charge in [-0.15, -0.1) is 0 Å². The Morgan fingerprint density at radius 3 is 0.911 bits per heavy atom. The van der Waals surface area contributed by atoms with Gasteiger partial charge in [0.25, 0.3) is 0 Å². The number of aromatic nitrogens is 1. The summed E-state index contributed by atoms with van der Waals surface area (Å²) in [5.41, 5.74) is 32.9. The number of fused-ring (bicyclic) bond motifs is 3. The molecule has 1 aromatic heterocycles. The van der Waals surface area contributed by atoms with Crippen LogP contribution in [0.2, 0.25) is 0 Å². The van der Waals surface area contributed by atoms with Crippen LogP contribution in [0.4, 0.5) is 79.6 Å². The molecule has 0 unspecified atom stereocenters. The summed E-state index contributed by atoms with van der Waals surface area (Å²) in [6, 6.07) is 96.2. The lowest BCUT2D eigenvalue weighted by Crippen LogP contribution is -2.14. The Balaban J connectivity index is 1.05. The first-order valence-corrected chi connectivity index (χ1v) is 26.7. The van der Waals surface area contributed by atoms with E-state index in [1.54, 1.807) is 0 Å². The molecule has 0 aliphatic rings. The highest BCUT2D eigenvalue weighted by molar-refractivity contribution is 6.12. The number of anilines is 14. The fourth-order valence-electron chi connectivity index (χ4n) is 10.9. The van der Waals surface area contributed by atoms with Gasteiger partial charge >= 0.3 is 0 Å². The summed E-state index contributed by atoms with van der Waals surface area (Å²) >= 11 is 0. The number of allylic oxidation sites excluding steroid dienone is 2. The van der Waals surface area contributed by atoms with Crippen LogP contribution < -0.4 is 31.1 Å². The lowest BCUT2D eigenvalue weighted by Gasteiger charge is -2.29. The normalized spacial score (nSPS) is 11.4. The van der Waals surface area contributed by atoms with Crippen LogP contribution in [0, 0.1) is 0 Å². The standard InChI is InChI=1S/C72H59N7/c1-3-22-52-24-20-36-69(71(52)73)77(61-42-38-59(39-43-61)75(54-26-10-5-11-27-54)55-28-12-6-13-29-55)63-46-48-67-65(50-63)66-51-64(47-49-68(66)79(67)58-34-18-9-19-35-58)78(70-37-21-25-53(23-4-2)72(70)74)62-44-40-60(41-45-62)76(56-30-14-7-15-31-56)57-32-16-8-17-33-57/h3-51H,73-74H2,1-2H3/b22-3-,23-4-. The molecule has 7 heteroatoms. The highest BCUT2D eigenvalue weighted by Gasteiger charge is 2.24. The van der Waals surface area contributed by atoms with E-state index in [9.17, 15) is 0 Å². The maximum absolute atomic E-state index is 7.22. The number of nitrogens with two attached hydrogens (primary N) is 2. The third-order valence-electron chi connectivity index (χ3n) is 14.5. The molecule has 4 N–H and O–H groups in total. The van der Waals surface area contributed by atoms with Crippen molar-refractivity contribution < 1.29 is 0 Å². The Labute approximate surface area is 462 Å². The molecule has 0 saturated carbocycles. The monoisotopic (exact) mass is 1020 g/mol. The van der Waals surface area contributed by atoms with E-state index in [1.165, 1.54) is 0 Å². The Hall–Kier alpha value is -10.5. The Morgan fingerprint density at radius 2 is 0.582 bits per heavy atom. The molecule has 0 atom stereocenters. The smallest absolute Gasteiger partial charge is 0.0697 e. The molecule has 12 aromatic rings. The summed E-state index contributed by atoms with van der Waals surface area (Å²) in [6.45, 7) is 4.04. The summed E-state index contributed by atoms with van der Waals surface area (Å²) in [5.74, 6) is 0. The predicted octanol–water partition coefficient (Wildman–Crippen LogP) is 19.9. The van der Waals surface area contributed by atoms with Crippen LogP contribution in [-0.4, -0.2) is 4.57 Å². The van der Waals surface area contributed by atoms with E-state index in [2.05, 4.69) is 309 Å². The van der Waals surface area contributed by atoms with Gasteiger partial charge in [0.1, 0.15) is 0 Å². The third kappa shape index (κ3) is 9.62. The number of para-hydroxylation sites is 7. The maximum Gasteiger partial charge on any atom is 0.0697 e. The molecule has 0 amide bonds. The Kier molecular flexibility index (Phi) is 13.7.